The molecule has 0 aromatic heterocycles. The molecule has 0 N–H and O–H groups in total. The fraction of sp³-hybridized carbons (Fsp3) is 0.526. The van der Waals surface area contributed by atoms with Gasteiger partial charge in [-0.1, -0.05) is 23.8 Å². The van der Waals surface area contributed by atoms with Gasteiger partial charge in [0.05, 0.1) is 26.9 Å². The number of amides is 1. The van der Waals surface area contributed by atoms with E-state index in [4.69, 9.17) is 18.9 Å². The van der Waals surface area contributed by atoms with Crippen LogP contribution >= 0.6 is 0 Å². The summed E-state index contributed by atoms with van der Waals surface area (Å²) in [5.74, 6) is 0.00835. The summed E-state index contributed by atoms with van der Waals surface area (Å²) in [5.41, 5.74) is 2.18. The standard InChI is InChI=1S/C19H25NO5/c1-3-23-18(21)20-9-7-15(8-10-20)14-19(24-11-12-25-19)16-5-4-6-17(13-16)22-2/h4-7,13H,3,8-12,14H2,1-2H3. The molecule has 0 spiro atoms. The van der Waals surface area contributed by atoms with Gasteiger partial charge in [0.15, 0.2) is 5.79 Å². The summed E-state index contributed by atoms with van der Waals surface area (Å²) < 4.78 is 22.4. The highest BCUT2D eigenvalue weighted by molar-refractivity contribution is 5.68. The second-order valence-electron chi connectivity index (χ2n) is 6.12. The van der Waals surface area contributed by atoms with Crippen molar-refractivity contribution in [1.29, 1.82) is 0 Å². The molecule has 0 bridgehead atoms. The van der Waals surface area contributed by atoms with Crippen molar-refractivity contribution in [2.24, 2.45) is 0 Å². The van der Waals surface area contributed by atoms with Crippen LogP contribution in [-0.2, 0) is 20.0 Å². The van der Waals surface area contributed by atoms with Crippen LogP contribution in [-0.4, -0.2) is 51.0 Å². The van der Waals surface area contributed by atoms with Gasteiger partial charge in [-0.25, -0.2) is 4.79 Å². The molecule has 1 amide bonds. The first kappa shape index (κ1) is 17.8. The number of rotatable bonds is 5. The molecule has 1 aromatic rings. The van der Waals surface area contributed by atoms with E-state index < -0.39 is 5.79 Å². The van der Waals surface area contributed by atoms with E-state index in [1.165, 1.54) is 5.57 Å². The summed E-state index contributed by atoms with van der Waals surface area (Å²) in [5, 5.41) is 0. The molecule has 2 heterocycles. The summed E-state index contributed by atoms with van der Waals surface area (Å²) in [6.07, 6.45) is 3.26. The first-order valence-corrected chi connectivity index (χ1v) is 8.69. The maximum absolute atomic E-state index is 11.8. The summed E-state index contributed by atoms with van der Waals surface area (Å²) in [4.78, 5) is 13.5. The van der Waals surface area contributed by atoms with Gasteiger partial charge >= 0.3 is 6.09 Å². The predicted molar refractivity (Wildman–Crippen MR) is 92.5 cm³/mol. The van der Waals surface area contributed by atoms with Gasteiger partial charge in [0.2, 0.25) is 0 Å². The maximum atomic E-state index is 11.8. The van der Waals surface area contributed by atoms with Crippen LogP contribution < -0.4 is 4.74 Å². The maximum Gasteiger partial charge on any atom is 0.410 e. The molecule has 0 unspecified atom stereocenters. The van der Waals surface area contributed by atoms with E-state index in [1.807, 2.05) is 31.2 Å². The van der Waals surface area contributed by atoms with Gasteiger partial charge < -0.3 is 23.8 Å². The van der Waals surface area contributed by atoms with Crippen molar-refractivity contribution in [3.63, 3.8) is 0 Å². The molecule has 0 saturated carbocycles. The van der Waals surface area contributed by atoms with Crippen LogP contribution in [0.4, 0.5) is 4.79 Å². The SMILES string of the molecule is CCOC(=O)N1CC=C(CC2(c3cccc(OC)c3)OCCO2)CC1. The van der Waals surface area contributed by atoms with Crippen molar-refractivity contribution in [2.45, 2.75) is 25.6 Å². The van der Waals surface area contributed by atoms with Gasteiger partial charge in [0.25, 0.3) is 0 Å². The number of benzene rings is 1. The Hall–Kier alpha value is -2.05. The molecule has 2 aliphatic rings. The molecule has 136 valence electrons. The molecule has 0 radical (unpaired) electrons. The van der Waals surface area contributed by atoms with Crippen LogP contribution in [0.5, 0.6) is 5.75 Å². The Morgan fingerprint density at radius 2 is 2.12 bits per heavy atom. The largest absolute Gasteiger partial charge is 0.497 e. The van der Waals surface area contributed by atoms with Crippen molar-refractivity contribution in [3.8, 4) is 5.75 Å². The fourth-order valence-electron chi connectivity index (χ4n) is 3.24. The van der Waals surface area contributed by atoms with Crippen LogP contribution in [0.15, 0.2) is 35.9 Å². The van der Waals surface area contributed by atoms with Crippen LogP contribution in [0.3, 0.4) is 0 Å². The third-order valence-corrected chi connectivity index (χ3v) is 4.55. The van der Waals surface area contributed by atoms with Gasteiger partial charge in [-0.15, -0.1) is 0 Å². The number of carbonyl (C=O) groups is 1. The predicted octanol–water partition coefficient (Wildman–Crippen LogP) is 3.07. The Balaban J connectivity index is 1.73. The van der Waals surface area contributed by atoms with E-state index in [0.717, 1.165) is 17.7 Å². The van der Waals surface area contributed by atoms with Crippen molar-refractivity contribution in [2.75, 3.05) is 40.0 Å². The Kier molecular flexibility index (Phi) is 5.60. The minimum absolute atomic E-state index is 0.256. The monoisotopic (exact) mass is 347 g/mol. The molecule has 25 heavy (non-hydrogen) atoms. The Labute approximate surface area is 148 Å². The number of nitrogens with zero attached hydrogens (tertiary/aromatic N) is 1. The Bertz CT molecular complexity index is 636. The lowest BCUT2D eigenvalue weighted by Gasteiger charge is -2.32. The van der Waals surface area contributed by atoms with Gasteiger partial charge in [-0.2, -0.15) is 0 Å². The lowest BCUT2D eigenvalue weighted by molar-refractivity contribution is -0.165. The van der Waals surface area contributed by atoms with Crippen molar-refractivity contribution in [3.05, 3.63) is 41.5 Å². The minimum atomic E-state index is -0.771. The molecule has 6 nitrogen and oxygen atoms in total. The normalized spacial score (nSPS) is 19.4. The third-order valence-electron chi connectivity index (χ3n) is 4.55. The van der Waals surface area contributed by atoms with Gasteiger partial charge in [0.1, 0.15) is 5.75 Å². The fourth-order valence-corrected chi connectivity index (χ4v) is 3.24. The van der Waals surface area contributed by atoms with Crippen molar-refractivity contribution in [1.82, 2.24) is 4.90 Å². The first-order valence-electron chi connectivity index (χ1n) is 8.69. The van der Waals surface area contributed by atoms with Crippen LogP contribution in [0, 0.1) is 0 Å². The number of hydrogen-bond acceptors (Lipinski definition) is 5. The van der Waals surface area contributed by atoms with E-state index in [1.54, 1.807) is 12.0 Å². The Morgan fingerprint density at radius 3 is 2.76 bits per heavy atom. The van der Waals surface area contributed by atoms with Crippen LogP contribution in [0.1, 0.15) is 25.3 Å². The van der Waals surface area contributed by atoms with Crippen LogP contribution in [0.2, 0.25) is 0 Å². The average molecular weight is 347 g/mol. The van der Waals surface area contributed by atoms with Crippen molar-refractivity contribution >= 4 is 6.09 Å². The molecule has 6 heteroatoms. The molecular formula is C19H25NO5. The molecule has 0 aliphatic carbocycles. The van der Waals surface area contributed by atoms with E-state index in [2.05, 4.69) is 6.08 Å². The topological polar surface area (TPSA) is 57.2 Å². The smallest absolute Gasteiger partial charge is 0.410 e. The number of methoxy groups -OCH3 is 1. The van der Waals surface area contributed by atoms with E-state index >= 15 is 0 Å². The average Bonchev–Trinajstić information content (AvgIpc) is 3.12. The number of hydrogen-bond donors (Lipinski definition) is 0. The third kappa shape index (κ3) is 3.96. The highest BCUT2D eigenvalue weighted by atomic mass is 16.7. The van der Waals surface area contributed by atoms with Gasteiger partial charge in [-0.3, -0.25) is 0 Å². The van der Waals surface area contributed by atoms with E-state index in [0.29, 0.717) is 39.3 Å². The highest BCUT2D eigenvalue weighted by Gasteiger charge is 2.40. The van der Waals surface area contributed by atoms with Crippen LogP contribution in [0.25, 0.3) is 0 Å². The zero-order valence-corrected chi connectivity index (χ0v) is 14.8. The lowest BCUT2D eigenvalue weighted by atomic mass is 9.94. The lowest BCUT2D eigenvalue weighted by Crippen LogP contribution is -2.36. The molecule has 0 atom stereocenters. The zero-order chi connectivity index (χ0) is 17.7. The molecule has 1 saturated heterocycles. The van der Waals surface area contributed by atoms with Crippen molar-refractivity contribution < 1.29 is 23.7 Å². The highest BCUT2D eigenvalue weighted by Crippen LogP contribution is 2.39. The molecule has 3 rings (SSSR count). The molecule has 2 aliphatic heterocycles. The Morgan fingerprint density at radius 1 is 1.32 bits per heavy atom. The van der Waals surface area contributed by atoms with E-state index in [9.17, 15) is 4.79 Å². The summed E-state index contributed by atoms with van der Waals surface area (Å²) >= 11 is 0. The summed E-state index contributed by atoms with van der Waals surface area (Å²) in [7, 11) is 1.65. The summed E-state index contributed by atoms with van der Waals surface area (Å²) in [6, 6.07) is 7.81. The minimum Gasteiger partial charge on any atom is -0.497 e. The number of carbonyl (C=O) groups excluding carboxylic acids is 1. The number of ether oxygens (including phenoxy) is 4. The quantitative estimate of drug-likeness (QED) is 0.766. The second-order valence-corrected chi connectivity index (χ2v) is 6.12. The molecule has 1 fully saturated rings. The summed E-state index contributed by atoms with van der Waals surface area (Å²) in [6.45, 7) is 4.56. The molecular weight excluding hydrogens is 322 g/mol. The van der Waals surface area contributed by atoms with E-state index in [-0.39, 0.29) is 6.09 Å². The second kappa shape index (κ2) is 7.89. The van der Waals surface area contributed by atoms with Gasteiger partial charge in [-0.05, 0) is 25.5 Å². The first-order chi connectivity index (χ1) is 12.2. The molecule has 1 aromatic carbocycles. The van der Waals surface area contributed by atoms with Gasteiger partial charge in [0, 0.05) is 25.1 Å². The zero-order valence-electron chi connectivity index (χ0n) is 14.8.